The van der Waals surface area contributed by atoms with Crippen LogP contribution in [0.3, 0.4) is 0 Å². The van der Waals surface area contributed by atoms with E-state index in [1.807, 2.05) is 60.7 Å². The van der Waals surface area contributed by atoms with Gasteiger partial charge in [0.05, 0.1) is 19.3 Å². The van der Waals surface area contributed by atoms with Gasteiger partial charge in [-0.3, -0.25) is 9.52 Å². The Bertz CT molecular complexity index is 1400. The number of ketones is 1. The number of esters is 1. The molecule has 0 aliphatic carbocycles. The molecule has 0 spiro atoms. The molecular formula is C30H34N3O5S+. The van der Waals surface area contributed by atoms with Crippen LogP contribution in [0.5, 0.6) is 0 Å². The van der Waals surface area contributed by atoms with E-state index in [1.165, 1.54) is 0 Å². The summed E-state index contributed by atoms with van der Waals surface area (Å²) in [6, 6.07) is 25.1. The lowest BCUT2D eigenvalue weighted by Gasteiger charge is -2.51. The average Bonchev–Trinajstić information content (AvgIpc) is 2.92. The van der Waals surface area contributed by atoms with E-state index >= 15 is 0 Å². The quantitative estimate of drug-likeness (QED) is 0.223. The number of nitrogens with zero attached hydrogens (tertiary/aromatic N) is 1. The van der Waals surface area contributed by atoms with Crippen LogP contribution in [0.4, 0.5) is 11.4 Å². The molecule has 0 aromatic heterocycles. The third kappa shape index (κ3) is 6.66. The molecule has 39 heavy (non-hydrogen) atoms. The van der Waals surface area contributed by atoms with Crippen LogP contribution in [0.2, 0.25) is 0 Å². The molecule has 0 unspecified atom stereocenters. The summed E-state index contributed by atoms with van der Waals surface area (Å²) in [6.07, 6.45) is 2.65. The third-order valence-corrected chi connectivity index (χ3v) is 8.36. The summed E-state index contributed by atoms with van der Waals surface area (Å²) >= 11 is 0. The number of nitrogens with one attached hydrogen (secondary N) is 2. The van der Waals surface area contributed by atoms with Crippen molar-refractivity contribution in [1.82, 2.24) is 0 Å². The topological polar surface area (TPSA) is 102 Å². The van der Waals surface area contributed by atoms with Crippen LogP contribution in [-0.2, 0) is 19.6 Å². The zero-order valence-electron chi connectivity index (χ0n) is 22.0. The molecule has 8 nitrogen and oxygen atoms in total. The first-order chi connectivity index (χ1) is 18.7. The van der Waals surface area contributed by atoms with Gasteiger partial charge in [0.25, 0.3) is 0 Å². The van der Waals surface area contributed by atoms with E-state index in [9.17, 15) is 18.0 Å². The fourth-order valence-electron chi connectivity index (χ4n) is 5.75. The molecule has 0 amide bonds. The lowest BCUT2D eigenvalue weighted by atomic mass is 9.82. The predicted octanol–water partition coefficient (Wildman–Crippen LogP) is 4.25. The molecule has 204 valence electrons. The minimum atomic E-state index is -3.38. The highest BCUT2D eigenvalue weighted by atomic mass is 32.2. The van der Waals surface area contributed by atoms with Gasteiger partial charge in [0.15, 0.2) is 12.1 Å². The zero-order chi connectivity index (χ0) is 27.5. The highest BCUT2D eigenvalue weighted by Crippen LogP contribution is 2.37. The van der Waals surface area contributed by atoms with Crippen LogP contribution in [0.15, 0.2) is 84.9 Å². The summed E-state index contributed by atoms with van der Waals surface area (Å²) in [6.45, 7) is 2.69. The number of carbonyl (C=O) groups is 2. The van der Waals surface area contributed by atoms with Crippen molar-refractivity contribution < 1.29 is 27.2 Å². The maximum Gasteiger partial charge on any atom is 0.333 e. The maximum absolute atomic E-state index is 13.6. The van der Waals surface area contributed by atoms with E-state index in [4.69, 9.17) is 4.74 Å². The normalized spacial score (nSPS) is 23.0. The number of hydrogen-bond donors (Lipinski definition) is 2. The highest BCUT2D eigenvalue weighted by molar-refractivity contribution is 7.92. The Morgan fingerprint density at radius 3 is 2.13 bits per heavy atom. The fraction of sp³-hybridized carbons (Fsp3) is 0.333. The van der Waals surface area contributed by atoms with Gasteiger partial charge in [0, 0.05) is 35.7 Å². The second kappa shape index (κ2) is 11.2. The Kier molecular flexibility index (Phi) is 7.72. The van der Waals surface area contributed by atoms with E-state index < -0.39 is 16.1 Å². The minimum absolute atomic E-state index is 0.000705. The van der Waals surface area contributed by atoms with Gasteiger partial charge in [-0.2, -0.15) is 0 Å². The summed E-state index contributed by atoms with van der Waals surface area (Å²) in [4.78, 5) is 26.8. The molecule has 3 heterocycles. The number of hydrogen-bond acceptors (Lipinski definition) is 6. The van der Waals surface area contributed by atoms with Gasteiger partial charge in [0.1, 0.15) is 13.1 Å². The predicted molar refractivity (Wildman–Crippen MR) is 151 cm³/mol. The lowest BCUT2D eigenvalue weighted by Crippen LogP contribution is -2.65. The van der Waals surface area contributed by atoms with Crippen molar-refractivity contribution >= 4 is 33.2 Å². The minimum Gasteiger partial charge on any atom is -0.454 e. The second-order valence-electron chi connectivity index (χ2n) is 10.7. The standard InChI is InChI=1S/C30H33N3O5S/c1-39(36,37)32-26-14-12-22(13-15-26)27(34)20-33-18-16-23(17-19-33)28(21-33)38-30(35)29(24-8-4-2-5-9-24)31-25-10-6-3-7-11-25/h2-15,23,28-29,31H,16-21H2,1H3/p+1/t23?,28-,29+,33?/m0/s1. The monoisotopic (exact) mass is 548 g/mol. The first-order valence-corrected chi connectivity index (χ1v) is 15.1. The largest absolute Gasteiger partial charge is 0.454 e. The van der Waals surface area contributed by atoms with Gasteiger partial charge in [-0.15, -0.1) is 0 Å². The molecule has 6 rings (SSSR count). The zero-order valence-corrected chi connectivity index (χ0v) is 22.8. The highest BCUT2D eigenvalue weighted by Gasteiger charge is 2.49. The molecule has 0 radical (unpaired) electrons. The second-order valence-corrected chi connectivity index (χ2v) is 12.4. The number of para-hydroxylation sites is 1. The number of benzene rings is 3. The smallest absolute Gasteiger partial charge is 0.333 e. The van der Waals surface area contributed by atoms with Gasteiger partial charge < -0.3 is 14.5 Å². The van der Waals surface area contributed by atoms with Gasteiger partial charge in [0.2, 0.25) is 15.8 Å². The summed E-state index contributed by atoms with van der Waals surface area (Å²) < 4.78 is 32.1. The molecule has 9 heteroatoms. The van der Waals surface area contributed by atoms with Gasteiger partial charge in [-0.1, -0.05) is 48.5 Å². The molecule has 0 saturated carbocycles. The number of carbonyl (C=O) groups excluding carboxylic acids is 2. The van der Waals surface area contributed by atoms with Gasteiger partial charge in [-0.25, -0.2) is 13.2 Å². The molecule has 3 aliphatic rings. The summed E-state index contributed by atoms with van der Waals surface area (Å²) in [7, 11) is -3.38. The van der Waals surface area contributed by atoms with E-state index in [0.717, 1.165) is 43.4 Å². The average molecular weight is 549 g/mol. The molecule has 2 atom stereocenters. The van der Waals surface area contributed by atoms with Crippen LogP contribution in [0.25, 0.3) is 0 Å². The SMILES string of the molecule is CS(=O)(=O)Nc1ccc(C(=O)C[N+]23CCC(CC2)[C@@H](OC(=O)[C@H](Nc2ccccc2)c2ccccc2)C3)cc1. The van der Waals surface area contributed by atoms with E-state index in [1.54, 1.807) is 24.3 Å². The number of fused-ring (bicyclic) bond motifs is 3. The number of anilines is 2. The summed E-state index contributed by atoms with van der Waals surface area (Å²) in [5.74, 6) is -0.0277. The number of piperidine rings is 3. The molecule has 2 N–H and O–H groups in total. The first-order valence-electron chi connectivity index (χ1n) is 13.2. The molecular weight excluding hydrogens is 514 g/mol. The number of sulfonamides is 1. The van der Waals surface area contributed by atoms with Crippen LogP contribution in [0.1, 0.15) is 34.8 Å². The van der Waals surface area contributed by atoms with Crippen molar-refractivity contribution in [3.8, 4) is 0 Å². The van der Waals surface area contributed by atoms with E-state index in [2.05, 4.69) is 10.0 Å². The maximum atomic E-state index is 13.6. The molecule has 3 saturated heterocycles. The Morgan fingerprint density at radius 2 is 1.51 bits per heavy atom. The van der Waals surface area contributed by atoms with Crippen LogP contribution >= 0.6 is 0 Å². The molecule has 3 aromatic rings. The van der Waals surface area contributed by atoms with Crippen LogP contribution < -0.4 is 10.0 Å². The van der Waals surface area contributed by atoms with E-state index in [0.29, 0.717) is 34.7 Å². The Balaban J connectivity index is 1.27. The van der Waals surface area contributed by atoms with Crippen molar-refractivity contribution in [2.45, 2.75) is 25.0 Å². The molecule has 2 bridgehead atoms. The third-order valence-electron chi connectivity index (χ3n) is 7.75. The first kappa shape index (κ1) is 26.9. The molecule has 3 aliphatic heterocycles. The molecule has 3 fully saturated rings. The lowest BCUT2D eigenvalue weighted by molar-refractivity contribution is -0.938. The van der Waals surface area contributed by atoms with Crippen molar-refractivity contribution in [1.29, 1.82) is 0 Å². The van der Waals surface area contributed by atoms with E-state index in [-0.39, 0.29) is 17.9 Å². The van der Waals surface area contributed by atoms with Gasteiger partial charge >= 0.3 is 5.97 Å². The summed E-state index contributed by atoms with van der Waals surface area (Å²) in [5.41, 5.74) is 2.63. The number of Topliss-reactive ketones (excluding diaryl/α,β-unsaturated/α-hetero) is 1. The van der Waals surface area contributed by atoms with Crippen molar-refractivity contribution in [3.63, 3.8) is 0 Å². The summed E-state index contributed by atoms with van der Waals surface area (Å²) in [5, 5.41) is 3.33. The Hall–Kier alpha value is -3.69. The van der Waals surface area contributed by atoms with Gasteiger partial charge in [-0.05, 0) is 42.0 Å². The Labute approximate surface area is 229 Å². The fourth-order valence-corrected chi connectivity index (χ4v) is 6.32. The molecule has 3 aromatic carbocycles. The number of quaternary nitrogens is 1. The number of rotatable bonds is 10. The Morgan fingerprint density at radius 1 is 0.897 bits per heavy atom. The van der Waals surface area contributed by atoms with Crippen molar-refractivity contribution in [3.05, 3.63) is 96.1 Å². The number of ether oxygens (including phenoxy) is 1. The van der Waals surface area contributed by atoms with Crippen LogP contribution in [-0.4, -0.2) is 63.2 Å². The van der Waals surface area contributed by atoms with Crippen molar-refractivity contribution in [2.24, 2.45) is 5.92 Å². The van der Waals surface area contributed by atoms with Crippen LogP contribution in [0, 0.1) is 5.92 Å². The van der Waals surface area contributed by atoms with Crippen molar-refractivity contribution in [2.75, 3.05) is 42.5 Å².